The molecule has 196 valence electrons. The van der Waals surface area contributed by atoms with Gasteiger partial charge in [0.2, 0.25) is 11.8 Å². The highest BCUT2D eigenvalue weighted by Crippen LogP contribution is 2.25. The van der Waals surface area contributed by atoms with Crippen LogP contribution in [0.3, 0.4) is 0 Å². The zero-order valence-corrected chi connectivity index (χ0v) is 22.8. The predicted molar refractivity (Wildman–Crippen MR) is 147 cm³/mol. The Morgan fingerprint density at radius 2 is 1.62 bits per heavy atom. The maximum absolute atomic E-state index is 13.9. The van der Waals surface area contributed by atoms with Gasteiger partial charge in [-0.25, -0.2) is 8.42 Å². The normalized spacial score (nSPS) is 12.0. The van der Waals surface area contributed by atoms with Crippen molar-refractivity contribution in [3.05, 3.63) is 95.0 Å². The fraction of sp³-hybridized carbons (Fsp3) is 0.286. The number of rotatable bonds is 11. The minimum atomic E-state index is -4.12. The third-order valence-electron chi connectivity index (χ3n) is 5.90. The van der Waals surface area contributed by atoms with E-state index in [1.807, 2.05) is 45.0 Å². The van der Waals surface area contributed by atoms with Gasteiger partial charge in [0.25, 0.3) is 10.0 Å². The summed E-state index contributed by atoms with van der Waals surface area (Å²) in [5.41, 5.74) is 2.21. The number of hydrogen-bond acceptors (Lipinski definition) is 4. The molecular weight excluding hydrogens is 510 g/mol. The molecule has 0 fully saturated rings. The van der Waals surface area contributed by atoms with Crippen LogP contribution in [0.5, 0.6) is 0 Å². The Bertz CT molecular complexity index is 1310. The highest BCUT2D eigenvalue weighted by Gasteiger charge is 2.33. The molecule has 1 N–H and O–H groups in total. The fourth-order valence-electron chi connectivity index (χ4n) is 4.08. The van der Waals surface area contributed by atoms with Crippen molar-refractivity contribution >= 4 is 39.1 Å². The summed E-state index contributed by atoms with van der Waals surface area (Å²) < 4.78 is 28.5. The number of likely N-dealkylation sites (N-methyl/N-ethyl adjacent to an activating group) is 1. The van der Waals surface area contributed by atoms with Crippen molar-refractivity contribution in [1.29, 1.82) is 0 Å². The molecule has 0 radical (unpaired) electrons. The lowest BCUT2D eigenvalue weighted by Gasteiger charge is -2.33. The Balaban J connectivity index is 2.03. The van der Waals surface area contributed by atoms with Crippen molar-refractivity contribution in [2.45, 2.75) is 44.7 Å². The van der Waals surface area contributed by atoms with Crippen molar-refractivity contribution in [2.75, 3.05) is 17.4 Å². The zero-order chi connectivity index (χ0) is 27.0. The van der Waals surface area contributed by atoms with Gasteiger partial charge >= 0.3 is 0 Å². The number of sulfonamides is 1. The third kappa shape index (κ3) is 7.11. The summed E-state index contributed by atoms with van der Waals surface area (Å²) in [6.07, 6.45) is 0.374. The second-order valence-corrected chi connectivity index (χ2v) is 10.9. The Morgan fingerprint density at radius 3 is 2.22 bits per heavy atom. The minimum Gasteiger partial charge on any atom is -0.355 e. The van der Waals surface area contributed by atoms with E-state index >= 15 is 0 Å². The molecule has 37 heavy (non-hydrogen) atoms. The van der Waals surface area contributed by atoms with Crippen LogP contribution in [0.1, 0.15) is 31.4 Å². The fourth-order valence-corrected chi connectivity index (χ4v) is 5.62. The number of carbonyl (C=O) groups is 2. The molecule has 0 aliphatic heterocycles. The molecule has 3 aromatic carbocycles. The minimum absolute atomic E-state index is 0.00885. The summed E-state index contributed by atoms with van der Waals surface area (Å²) in [5, 5.41) is 3.20. The van der Waals surface area contributed by atoms with E-state index in [0.717, 1.165) is 15.4 Å². The Labute approximate surface area is 224 Å². The molecule has 0 saturated heterocycles. The number of aryl methyl sites for hydroxylation is 1. The first kappa shape index (κ1) is 28.2. The molecule has 7 nitrogen and oxygen atoms in total. The van der Waals surface area contributed by atoms with Crippen molar-refractivity contribution in [3.63, 3.8) is 0 Å². The summed E-state index contributed by atoms with van der Waals surface area (Å²) >= 11 is 5.97. The van der Waals surface area contributed by atoms with Crippen molar-refractivity contribution < 1.29 is 18.0 Å². The molecule has 3 rings (SSSR count). The van der Waals surface area contributed by atoms with Crippen LogP contribution >= 0.6 is 11.6 Å². The van der Waals surface area contributed by atoms with E-state index in [4.69, 9.17) is 11.6 Å². The average Bonchev–Trinajstić information content (AvgIpc) is 2.88. The van der Waals surface area contributed by atoms with Gasteiger partial charge in [-0.05, 0) is 62.2 Å². The number of hydrogen-bond donors (Lipinski definition) is 1. The van der Waals surface area contributed by atoms with Crippen LogP contribution in [0, 0.1) is 6.92 Å². The van der Waals surface area contributed by atoms with Gasteiger partial charge in [-0.3, -0.25) is 13.9 Å². The highest BCUT2D eigenvalue weighted by molar-refractivity contribution is 7.92. The Morgan fingerprint density at radius 1 is 0.946 bits per heavy atom. The topological polar surface area (TPSA) is 86.8 Å². The first-order valence-electron chi connectivity index (χ1n) is 12.1. The Kier molecular flexibility index (Phi) is 9.72. The van der Waals surface area contributed by atoms with Crippen LogP contribution in [0.4, 0.5) is 5.69 Å². The van der Waals surface area contributed by atoms with E-state index in [9.17, 15) is 18.0 Å². The van der Waals surface area contributed by atoms with Crippen LogP contribution in [0.15, 0.2) is 83.8 Å². The van der Waals surface area contributed by atoms with Crippen molar-refractivity contribution in [2.24, 2.45) is 0 Å². The molecule has 0 bridgehead atoms. The van der Waals surface area contributed by atoms with Gasteiger partial charge in [0.05, 0.1) is 10.6 Å². The molecule has 2 amide bonds. The number of nitrogens with zero attached hydrogens (tertiary/aromatic N) is 2. The van der Waals surface area contributed by atoms with Gasteiger partial charge in [0, 0.05) is 18.1 Å². The van der Waals surface area contributed by atoms with Gasteiger partial charge in [0.1, 0.15) is 12.6 Å². The maximum Gasteiger partial charge on any atom is 0.264 e. The van der Waals surface area contributed by atoms with Crippen molar-refractivity contribution in [3.8, 4) is 0 Å². The van der Waals surface area contributed by atoms with Crippen molar-refractivity contribution in [1.82, 2.24) is 10.2 Å². The Hall–Kier alpha value is -3.36. The lowest BCUT2D eigenvalue weighted by Crippen LogP contribution is -2.52. The molecule has 0 aromatic heterocycles. The summed E-state index contributed by atoms with van der Waals surface area (Å²) in [6, 6.07) is 21.2. The second kappa shape index (κ2) is 12.7. The number of nitrogens with one attached hydrogen (secondary N) is 1. The summed E-state index contributed by atoms with van der Waals surface area (Å²) in [4.78, 5) is 28.3. The monoisotopic (exact) mass is 541 g/mol. The SMILES string of the molecule is CCNC(=O)C(CC)N(Cc1cccc(C)c1)C(=O)CN(c1ccccc1)S(=O)(=O)c1ccc(Cl)cc1. The van der Waals surface area contributed by atoms with E-state index in [-0.39, 0.29) is 17.3 Å². The smallest absolute Gasteiger partial charge is 0.264 e. The molecule has 3 aromatic rings. The molecular formula is C28H32ClN3O4S. The van der Waals surface area contributed by atoms with Crippen LogP contribution in [-0.2, 0) is 26.2 Å². The van der Waals surface area contributed by atoms with E-state index < -0.39 is 28.5 Å². The molecule has 1 atom stereocenters. The standard InChI is InChI=1S/C28H32ClN3O4S/c1-4-26(28(34)30-5-2)31(19-22-11-9-10-21(3)18-22)27(33)20-32(24-12-7-6-8-13-24)37(35,36)25-16-14-23(29)15-17-25/h6-18,26H,4-5,19-20H2,1-3H3,(H,30,34). The number of anilines is 1. The largest absolute Gasteiger partial charge is 0.355 e. The van der Waals surface area contributed by atoms with E-state index in [0.29, 0.717) is 23.7 Å². The van der Waals surface area contributed by atoms with Gasteiger partial charge in [-0.15, -0.1) is 0 Å². The van der Waals surface area contributed by atoms with E-state index in [2.05, 4.69) is 5.32 Å². The summed E-state index contributed by atoms with van der Waals surface area (Å²) in [6.45, 7) is 5.70. The van der Waals surface area contributed by atoms with E-state index in [1.165, 1.54) is 29.2 Å². The van der Waals surface area contributed by atoms with Crippen LogP contribution in [0.25, 0.3) is 0 Å². The summed E-state index contributed by atoms with van der Waals surface area (Å²) in [5.74, 6) is -0.765. The number of para-hydroxylation sites is 1. The number of benzene rings is 3. The zero-order valence-electron chi connectivity index (χ0n) is 21.2. The molecule has 0 heterocycles. The number of halogens is 1. The maximum atomic E-state index is 13.9. The lowest BCUT2D eigenvalue weighted by atomic mass is 10.1. The average molecular weight is 542 g/mol. The van der Waals surface area contributed by atoms with Crippen LogP contribution < -0.4 is 9.62 Å². The molecule has 1 unspecified atom stereocenters. The lowest BCUT2D eigenvalue weighted by molar-refractivity contribution is -0.140. The van der Waals surface area contributed by atoms with Crippen LogP contribution in [0.2, 0.25) is 5.02 Å². The molecule has 0 saturated carbocycles. The molecule has 9 heteroatoms. The highest BCUT2D eigenvalue weighted by atomic mass is 35.5. The third-order valence-corrected chi connectivity index (χ3v) is 7.94. The first-order chi connectivity index (χ1) is 17.7. The predicted octanol–water partition coefficient (Wildman–Crippen LogP) is 4.79. The number of carbonyl (C=O) groups excluding carboxylic acids is 2. The van der Waals surface area contributed by atoms with Gasteiger partial charge in [-0.1, -0.05) is 66.6 Å². The second-order valence-electron chi connectivity index (χ2n) is 8.63. The van der Waals surface area contributed by atoms with Crippen LogP contribution in [-0.4, -0.2) is 44.3 Å². The van der Waals surface area contributed by atoms with Gasteiger partial charge < -0.3 is 10.2 Å². The van der Waals surface area contributed by atoms with E-state index in [1.54, 1.807) is 30.3 Å². The molecule has 0 spiro atoms. The summed E-state index contributed by atoms with van der Waals surface area (Å²) in [7, 11) is -4.12. The number of amides is 2. The molecule has 0 aliphatic rings. The molecule has 0 aliphatic carbocycles. The quantitative estimate of drug-likeness (QED) is 0.378. The van der Waals surface area contributed by atoms with Gasteiger partial charge in [0.15, 0.2) is 0 Å². The first-order valence-corrected chi connectivity index (χ1v) is 13.9. The van der Waals surface area contributed by atoms with Gasteiger partial charge in [-0.2, -0.15) is 0 Å².